The molecule has 10 atom stereocenters. The van der Waals surface area contributed by atoms with E-state index in [2.05, 4.69) is 27.4 Å². The smallest absolute Gasteiger partial charge is 0.309 e. The van der Waals surface area contributed by atoms with E-state index < -0.39 is 11.4 Å². The van der Waals surface area contributed by atoms with Crippen LogP contribution >= 0.6 is 0 Å². The Morgan fingerprint density at radius 2 is 1.52 bits per heavy atom. The SMILES string of the molecule is C=CC.CC1C2CC[C@@]3(C)C4CC[C@@]5(C(=O)O)CCCC5C4CCC3C2(C)CC[C@@H]1O. The van der Waals surface area contributed by atoms with Crippen LogP contribution < -0.4 is 0 Å². The quantitative estimate of drug-likeness (QED) is 0.455. The van der Waals surface area contributed by atoms with Crippen molar-refractivity contribution in [3.63, 3.8) is 0 Å². The summed E-state index contributed by atoms with van der Waals surface area (Å²) in [4.78, 5) is 12.3. The number of carboxylic acid groups (broad SMARTS) is 1. The van der Waals surface area contributed by atoms with Crippen LogP contribution in [-0.2, 0) is 4.79 Å². The third-order valence-electron chi connectivity index (χ3n) is 11.5. The van der Waals surface area contributed by atoms with Crippen LogP contribution in [0.4, 0.5) is 0 Å². The van der Waals surface area contributed by atoms with Gasteiger partial charge in [0, 0.05) is 0 Å². The molecule has 5 saturated carbocycles. The van der Waals surface area contributed by atoms with Crippen molar-refractivity contribution in [2.24, 2.45) is 51.8 Å². The lowest BCUT2D eigenvalue weighted by Gasteiger charge is -2.67. The molecule has 0 spiro atoms. The number of fused-ring (bicyclic) bond motifs is 7. The minimum atomic E-state index is -0.494. The van der Waals surface area contributed by atoms with E-state index >= 15 is 0 Å². The summed E-state index contributed by atoms with van der Waals surface area (Å²) in [6.07, 6.45) is 14.2. The highest BCUT2D eigenvalue weighted by Gasteiger charge is 2.65. The van der Waals surface area contributed by atoms with Gasteiger partial charge in [0.05, 0.1) is 11.5 Å². The average Bonchev–Trinajstić information content (AvgIpc) is 3.17. The first-order valence-electron chi connectivity index (χ1n) is 13.1. The van der Waals surface area contributed by atoms with Crippen molar-refractivity contribution in [1.82, 2.24) is 0 Å². The molecule has 0 aromatic heterocycles. The first-order chi connectivity index (χ1) is 14.7. The summed E-state index contributed by atoms with van der Waals surface area (Å²) in [7, 11) is 0. The molecule has 0 aromatic carbocycles. The molecule has 5 aliphatic carbocycles. The van der Waals surface area contributed by atoms with Gasteiger partial charge in [0.2, 0.25) is 0 Å². The van der Waals surface area contributed by atoms with Crippen LogP contribution in [-0.4, -0.2) is 22.3 Å². The Morgan fingerprint density at radius 1 is 0.903 bits per heavy atom. The maximum Gasteiger partial charge on any atom is 0.309 e. The van der Waals surface area contributed by atoms with Crippen molar-refractivity contribution in [1.29, 1.82) is 0 Å². The topological polar surface area (TPSA) is 57.5 Å². The number of carboxylic acids is 1. The fourth-order valence-corrected chi connectivity index (χ4v) is 10.2. The largest absolute Gasteiger partial charge is 0.481 e. The summed E-state index contributed by atoms with van der Waals surface area (Å²) in [6.45, 7) is 12.7. The maximum atomic E-state index is 12.3. The average molecular weight is 431 g/mol. The third-order valence-corrected chi connectivity index (χ3v) is 11.5. The molecule has 0 amide bonds. The highest BCUT2D eigenvalue weighted by molar-refractivity contribution is 5.75. The Kier molecular flexibility index (Phi) is 6.16. The van der Waals surface area contributed by atoms with E-state index in [1.54, 1.807) is 6.08 Å². The van der Waals surface area contributed by atoms with Gasteiger partial charge >= 0.3 is 5.97 Å². The van der Waals surface area contributed by atoms with Crippen molar-refractivity contribution < 1.29 is 15.0 Å². The molecular weight excluding hydrogens is 384 g/mol. The predicted molar refractivity (Wildman–Crippen MR) is 126 cm³/mol. The molecule has 2 N–H and O–H groups in total. The van der Waals surface area contributed by atoms with Crippen LogP contribution in [0.2, 0.25) is 0 Å². The molecule has 3 nitrogen and oxygen atoms in total. The van der Waals surface area contributed by atoms with Crippen molar-refractivity contribution in [3.05, 3.63) is 12.7 Å². The molecule has 5 rings (SSSR count). The molecule has 0 radical (unpaired) electrons. The van der Waals surface area contributed by atoms with Crippen LogP contribution in [0.25, 0.3) is 0 Å². The second-order valence-corrected chi connectivity index (χ2v) is 12.4. The first kappa shape index (κ1) is 23.3. The van der Waals surface area contributed by atoms with Gasteiger partial charge in [-0.1, -0.05) is 33.3 Å². The molecule has 0 bridgehead atoms. The third kappa shape index (κ3) is 3.27. The molecule has 5 fully saturated rings. The number of rotatable bonds is 1. The van der Waals surface area contributed by atoms with E-state index in [1.807, 2.05) is 6.92 Å². The second kappa shape index (κ2) is 8.19. The van der Waals surface area contributed by atoms with Crippen LogP contribution in [0.1, 0.15) is 98.3 Å². The summed E-state index contributed by atoms with van der Waals surface area (Å²) in [5.41, 5.74) is 0.353. The Bertz CT molecular complexity index is 702. The van der Waals surface area contributed by atoms with Gasteiger partial charge < -0.3 is 10.2 Å². The molecule has 5 aliphatic rings. The number of aliphatic carboxylic acids is 1. The zero-order chi connectivity index (χ0) is 22.6. The van der Waals surface area contributed by atoms with Crippen molar-refractivity contribution >= 4 is 5.97 Å². The van der Waals surface area contributed by atoms with Gasteiger partial charge in [0.1, 0.15) is 0 Å². The summed E-state index contributed by atoms with van der Waals surface area (Å²) in [6, 6.07) is 0. The molecular formula is C28H46O3. The van der Waals surface area contributed by atoms with Gasteiger partial charge in [0.25, 0.3) is 0 Å². The molecule has 7 unspecified atom stereocenters. The Labute approximate surface area is 190 Å². The lowest BCUT2D eigenvalue weighted by Crippen LogP contribution is -2.61. The zero-order valence-electron chi connectivity index (χ0n) is 20.4. The summed E-state index contributed by atoms with van der Waals surface area (Å²) in [5, 5.41) is 20.6. The van der Waals surface area contributed by atoms with Crippen molar-refractivity contribution in [2.75, 3.05) is 0 Å². The molecule has 0 aromatic rings. The van der Waals surface area contributed by atoms with E-state index in [1.165, 1.54) is 32.1 Å². The fraction of sp³-hybridized carbons (Fsp3) is 0.893. The molecule has 31 heavy (non-hydrogen) atoms. The minimum absolute atomic E-state index is 0.108. The van der Waals surface area contributed by atoms with Crippen molar-refractivity contribution in [3.8, 4) is 0 Å². The van der Waals surface area contributed by atoms with E-state index in [4.69, 9.17) is 0 Å². The van der Waals surface area contributed by atoms with E-state index in [0.29, 0.717) is 34.5 Å². The van der Waals surface area contributed by atoms with Gasteiger partial charge in [-0.25, -0.2) is 0 Å². The second-order valence-electron chi connectivity index (χ2n) is 12.4. The summed E-state index contributed by atoms with van der Waals surface area (Å²) < 4.78 is 0. The van der Waals surface area contributed by atoms with Crippen LogP contribution in [0, 0.1) is 51.8 Å². The highest BCUT2D eigenvalue weighted by atomic mass is 16.4. The standard InChI is InChI=1S/C25H40O3.C3H6/c1-15-17-8-12-24(3)18-9-14-25(22(27)28)11-4-5-19(25)16(18)6-7-21(24)23(17,2)13-10-20(15)26;1-3-2/h15-21,26H,4-14H2,1-3H3,(H,27,28);3H,1H2,2H3/t15?,16?,17?,18?,19?,20-,21?,23?,24-,25-;/m0./s1. The summed E-state index contributed by atoms with van der Waals surface area (Å²) in [5.74, 6) is 3.15. The van der Waals surface area contributed by atoms with Gasteiger partial charge in [-0.3, -0.25) is 4.79 Å². The Hall–Kier alpha value is -0.830. The van der Waals surface area contributed by atoms with Gasteiger partial charge in [-0.2, -0.15) is 0 Å². The first-order valence-corrected chi connectivity index (χ1v) is 13.1. The number of hydrogen-bond acceptors (Lipinski definition) is 2. The lowest BCUT2D eigenvalue weighted by atomic mass is 9.37. The maximum absolute atomic E-state index is 12.3. The van der Waals surface area contributed by atoms with Crippen LogP contribution in [0.5, 0.6) is 0 Å². The highest BCUT2D eigenvalue weighted by Crippen LogP contribution is 2.71. The Balaban J connectivity index is 0.000000730. The zero-order valence-corrected chi connectivity index (χ0v) is 20.4. The number of carbonyl (C=O) groups is 1. The fourth-order valence-electron chi connectivity index (χ4n) is 10.2. The van der Waals surface area contributed by atoms with Crippen LogP contribution in [0.15, 0.2) is 12.7 Å². The van der Waals surface area contributed by atoms with Gasteiger partial charge in [0.15, 0.2) is 0 Å². The van der Waals surface area contributed by atoms with E-state index in [-0.39, 0.29) is 6.10 Å². The molecule has 0 heterocycles. The number of allylic oxidation sites excluding steroid dienone is 1. The molecule has 176 valence electrons. The van der Waals surface area contributed by atoms with Crippen molar-refractivity contribution in [2.45, 2.75) is 104 Å². The molecule has 0 aliphatic heterocycles. The normalized spacial score (nSPS) is 53.0. The van der Waals surface area contributed by atoms with E-state index in [0.717, 1.165) is 50.4 Å². The molecule has 3 heteroatoms. The summed E-state index contributed by atoms with van der Waals surface area (Å²) >= 11 is 0. The minimum Gasteiger partial charge on any atom is -0.481 e. The van der Waals surface area contributed by atoms with E-state index in [9.17, 15) is 15.0 Å². The number of aliphatic hydroxyl groups is 1. The lowest BCUT2D eigenvalue weighted by molar-refractivity contribution is -0.199. The predicted octanol–water partition coefficient (Wildman–Crippen LogP) is 6.70. The molecule has 0 saturated heterocycles. The number of aliphatic hydroxyl groups excluding tert-OH is 1. The monoisotopic (exact) mass is 430 g/mol. The Morgan fingerprint density at radius 3 is 2.19 bits per heavy atom. The van der Waals surface area contributed by atoms with Crippen LogP contribution in [0.3, 0.4) is 0 Å². The number of hydrogen-bond donors (Lipinski definition) is 2. The van der Waals surface area contributed by atoms with Gasteiger partial charge in [-0.15, -0.1) is 6.58 Å². The van der Waals surface area contributed by atoms with Gasteiger partial charge in [-0.05, 0) is 117 Å².